The highest BCUT2D eigenvalue weighted by atomic mass is 15.2. The summed E-state index contributed by atoms with van der Waals surface area (Å²) in [4.78, 5) is 2.26. The molecule has 0 heterocycles. The molecule has 1 N–H and O–H groups in total. The van der Waals surface area contributed by atoms with Gasteiger partial charge in [0.05, 0.1) is 0 Å². The summed E-state index contributed by atoms with van der Waals surface area (Å²) in [7, 11) is 4.26. The van der Waals surface area contributed by atoms with Gasteiger partial charge in [-0.1, -0.05) is 37.6 Å². The van der Waals surface area contributed by atoms with Crippen molar-refractivity contribution in [1.29, 1.82) is 0 Å². The summed E-state index contributed by atoms with van der Waals surface area (Å²) in [6.45, 7) is 9.97. The number of hydrogen-bond donors (Lipinski definition) is 1. The molecule has 0 aliphatic heterocycles. The van der Waals surface area contributed by atoms with Crippen LogP contribution in [0.2, 0.25) is 0 Å². The van der Waals surface area contributed by atoms with E-state index in [9.17, 15) is 0 Å². The van der Waals surface area contributed by atoms with Gasteiger partial charge in [0.2, 0.25) is 0 Å². The van der Waals surface area contributed by atoms with Gasteiger partial charge in [-0.05, 0) is 52.4 Å². The third-order valence-corrected chi connectivity index (χ3v) is 4.07. The largest absolute Gasteiger partial charge is 0.308 e. The zero-order chi connectivity index (χ0) is 14.5. The molecule has 2 heteroatoms. The first kappa shape index (κ1) is 16.2. The highest BCUT2D eigenvalue weighted by molar-refractivity contribution is 5.24. The van der Waals surface area contributed by atoms with Crippen molar-refractivity contribution >= 4 is 0 Å². The molecule has 2 nitrogen and oxygen atoms in total. The van der Waals surface area contributed by atoms with Gasteiger partial charge in [0.15, 0.2) is 0 Å². The Balaban J connectivity index is 2.56. The lowest BCUT2D eigenvalue weighted by molar-refractivity contribution is 0.185. The summed E-state index contributed by atoms with van der Waals surface area (Å²) in [6, 6.07) is 9.42. The molecule has 0 bridgehead atoms. The topological polar surface area (TPSA) is 15.3 Å². The van der Waals surface area contributed by atoms with E-state index in [0.29, 0.717) is 6.04 Å². The SMILES string of the molecule is CCCc1ccc(C(C)NCC(C)(C)N(C)C)cc1. The van der Waals surface area contributed by atoms with E-state index in [0.717, 1.165) is 6.54 Å². The zero-order valence-electron chi connectivity index (χ0n) is 13.5. The molecule has 0 fully saturated rings. The molecule has 1 rings (SSSR count). The third-order valence-electron chi connectivity index (χ3n) is 4.07. The van der Waals surface area contributed by atoms with Crippen LogP contribution in [0.5, 0.6) is 0 Å². The van der Waals surface area contributed by atoms with Gasteiger partial charge in [0, 0.05) is 18.1 Å². The van der Waals surface area contributed by atoms with Gasteiger partial charge < -0.3 is 10.2 Å². The van der Waals surface area contributed by atoms with Crippen molar-refractivity contribution in [2.75, 3.05) is 20.6 Å². The van der Waals surface area contributed by atoms with Gasteiger partial charge >= 0.3 is 0 Å². The monoisotopic (exact) mass is 262 g/mol. The average molecular weight is 262 g/mol. The summed E-state index contributed by atoms with van der Waals surface area (Å²) >= 11 is 0. The highest BCUT2D eigenvalue weighted by Crippen LogP contribution is 2.16. The van der Waals surface area contributed by atoms with E-state index in [1.54, 1.807) is 0 Å². The smallest absolute Gasteiger partial charge is 0.0292 e. The second kappa shape index (κ2) is 7.06. The number of rotatable bonds is 7. The van der Waals surface area contributed by atoms with Crippen molar-refractivity contribution in [2.45, 2.75) is 52.1 Å². The fourth-order valence-electron chi connectivity index (χ4n) is 1.94. The van der Waals surface area contributed by atoms with Crippen LogP contribution in [0.25, 0.3) is 0 Å². The van der Waals surface area contributed by atoms with Crippen LogP contribution in [0, 0.1) is 0 Å². The number of nitrogens with zero attached hydrogens (tertiary/aromatic N) is 1. The molecule has 19 heavy (non-hydrogen) atoms. The maximum Gasteiger partial charge on any atom is 0.0292 e. The van der Waals surface area contributed by atoms with E-state index < -0.39 is 0 Å². The van der Waals surface area contributed by atoms with Gasteiger partial charge in [-0.3, -0.25) is 0 Å². The normalized spacial score (nSPS) is 13.8. The van der Waals surface area contributed by atoms with E-state index in [-0.39, 0.29) is 5.54 Å². The summed E-state index contributed by atoms with van der Waals surface area (Å²) in [5.74, 6) is 0. The third kappa shape index (κ3) is 4.96. The Morgan fingerprint density at radius 3 is 2.21 bits per heavy atom. The molecular weight excluding hydrogens is 232 g/mol. The van der Waals surface area contributed by atoms with Gasteiger partial charge in [0.1, 0.15) is 0 Å². The zero-order valence-corrected chi connectivity index (χ0v) is 13.5. The summed E-state index contributed by atoms with van der Waals surface area (Å²) in [5.41, 5.74) is 2.98. The van der Waals surface area contributed by atoms with Crippen molar-refractivity contribution in [1.82, 2.24) is 10.2 Å². The maximum absolute atomic E-state index is 3.63. The highest BCUT2D eigenvalue weighted by Gasteiger charge is 2.20. The maximum atomic E-state index is 3.63. The average Bonchev–Trinajstić information content (AvgIpc) is 2.37. The molecule has 0 amide bonds. The molecule has 0 radical (unpaired) electrons. The number of aryl methyl sites for hydroxylation is 1. The molecule has 0 saturated carbocycles. The molecule has 1 atom stereocenters. The minimum Gasteiger partial charge on any atom is -0.308 e. The molecule has 108 valence electrons. The van der Waals surface area contributed by atoms with E-state index in [1.165, 1.54) is 24.0 Å². The van der Waals surface area contributed by atoms with Crippen molar-refractivity contribution in [3.8, 4) is 0 Å². The molecule has 0 aliphatic carbocycles. The molecule has 1 unspecified atom stereocenters. The summed E-state index contributed by atoms with van der Waals surface area (Å²) < 4.78 is 0. The Morgan fingerprint density at radius 1 is 1.16 bits per heavy atom. The lowest BCUT2D eigenvalue weighted by Crippen LogP contribution is -2.47. The van der Waals surface area contributed by atoms with Gasteiger partial charge in [-0.25, -0.2) is 0 Å². The van der Waals surface area contributed by atoms with E-state index in [4.69, 9.17) is 0 Å². The quantitative estimate of drug-likeness (QED) is 0.807. The first-order valence-electron chi connectivity index (χ1n) is 7.36. The molecular formula is C17H30N2. The number of likely N-dealkylation sites (N-methyl/N-ethyl adjacent to an activating group) is 1. The van der Waals surface area contributed by atoms with E-state index in [2.05, 4.69) is 76.3 Å². The number of benzene rings is 1. The first-order chi connectivity index (χ1) is 8.86. The Kier molecular flexibility index (Phi) is 6.02. The Labute approximate surface area is 119 Å². The lowest BCUT2D eigenvalue weighted by Gasteiger charge is -2.34. The van der Waals surface area contributed by atoms with Gasteiger partial charge in [0.25, 0.3) is 0 Å². The van der Waals surface area contributed by atoms with Crippen LogP contribution in [0.1, 0.15) is 51.3 Å². The molecule has 0 aliphatic rings. The van der Waals surface area contributed by atoms with E-state index in [1.807, 2.05) is 0 Å². The first-order valence-corrected chi connectivity index (χ1v) is 7.36. The predicted molar refractivity (Wildman–Crippen MR) is 84.6 cm³/mol. The van der Waals surface area contributed by atoms with Crippen LogP contribution in [-0.2, 0) is 6.42 Å². The van der Waals surface area contributed by atoms with Crippen molar-refractivity contribution in [3.05, 3.63) is 35.4 Å². The molecule has 0 aromatic heterocycles. The molecule has 1 aromatic rings. The van der Waals surface area contributed by atoms with Crippen molar-refractivity contribution < 1.29 is 0 Å². The van der Waals surface area contributed by atoms with Gasteiger partial charge in [-0.2, -0.15) is 0 Å². The predicted octanol–water partition coefficient (Wildman–Crippen LogP) is 3.63. The number of hydrogen-bond acceptors (Lipinski definition) is 2. The van der Waals surface area contributed by atoms with Crippen LogP contribution in [0.4, 0.5) is 0 Å². The van der Waals surface area contributed by atoms with Crippen LogP contribution < -0.4 is 5.32 Å². The molecule has 0 spiro atoms. The second-order valence-electron chi connectivity index (χ2n) is 6.30. The van der Waals surface area contributed by atoms with Gasteiger partial charge in [-0.15, -0.1) is 0 Å². The minimum absolute atomic E-state index is 0.177. The van der Waals surface area contributed by atoms with Crippen molar-refractivity contribution in [2.24, 2.45) is 0 Å². The number of nitrogens with one attached hydrogen (secondary N) is 1. The van der Waals surface area contributed by atoms with E-state index >= 15 is 0 Å². The lowest BCUT2D eigenvalue weighted by atomic mass is 10.0. The second-order valence-corrected chi connectivity index (χ2v) is 6.30. The van der Waals surface area contributed by atoms with Crippen LogP contribution in [0.3, 0.4) is 0 Å². The van der Waals surface area contributed by atoms with Crippen LogP contribution in [-0.4, -0.2) is 31.1 Å². The molecule has 0 saturated heterocycles. The van der Waals surface area contributed by atoms with Crippen LogP contribution in [0.15, 0.2) is 24.3 Å². The Hall–Kier alpha value is -0.860. The Bertz CT molecular complexity index is 365. The van der Waals surface area contributed by atoms with Crippen molar-refractivity contribution in [3.63, 3.8) is 0 Å². The summed E-state index contributed by atoms with van der Waals surface area (Å²) in [5, 5.41) is 3.63. The fourth-order valence-corrected chi connectivity index (χ4v) is 1.94. The summed E-state index contributed by atoms with van der Waals surface area (Å²) in [6.07, 6.45) is 2.39. The standard InChI is InChI=1S/C17H30N2/c1-7-8-15-9-11-16(12-10-15)14(2)18-13-17(3,4)19(5)6/h9-12,14,18H,7-8,13H2,1-6H3. The fraction of sp³-hybridized carbons (Fsp3) is 0.647. The Morgan fingerprint density at radius 2 is 1.74 bits per heavy atom. The van der Waals surface area contributed by atoms with Crippen LogP contribution >= 0.6 is 0 Å². The molecule has 1 aromatic carbocycles. The minimum atomic E-state index is 0.177.